The van der Waals surface area contributed by atoms with Crippen LogP contribution in [0.25, 0.3) is 0 Å². The highest BCUT2D eigenvalue weighted by atomic mass is 16.5. The number of piperidine rings is 1. The monoisotopic (exact) mass is 287 g/mol. The number of ether oxygens (including phenoxy) is 1. The van der Waals surface area contributed by atoms with Crippen molar-refractivity contribution in [2.45, 2.75) is 25.5 Å². The van der Waals surface area contributed by atoms with Crippen LogP contribution in [0.3, 0.4) is 0 Å². The summed E-state index contributed by atoms with van der Waals surface area (Å²) >= 11 is 0. The van der Waals surface area contributed by atoms with Crippen LogP contribution in [0.15, 0.2) is 30.6 Å². The molecule has 2 heterocycles. The fraction of sp³-hybridized carbons (Fsp3) is 0.467. The minimum atomic E-state index is 0.327. The molecule has 1 aliphatic rings. The van der Waals surface area contributed by atoms with Crippen LogP contribution in [0.1, 0.15) is 18.7 Å². The third-order valence-corrected chi connectivity index (χ3v) is 3.91. The Morgan fingerprint density at radius 3 is 2.76 bits per heavy atom. The molecule has 0 radical (unpaired) electrons. The molecule has 1 fully saturated rings. The van der Waals surface area contributed by atoms with Gasteiger partial charge in [-0.2, -0.15) is 5.10 Å². The van der Waals surface area contributed by atoms with Gasteiger partial charge in [-0.25, -0.2) is 4.98 Å². The lowest BCUT2D eigenvalue weighted by atomic mass is 10.1. The van der Waals surface area contributed by atoms with Crippen LogP contribution in [0.2, 0.25) is 0 Å². The Bertz CT molecular complexity index is 589. The summed E-state index contributed by atoms with van der Waals surface area (Å²) in [6.45, 7) is 2.37. The molecule has 6 heteroatoms. The van der Waals surface area contributed by atoms with Crippen molar-refractivity contribution in [2.75, 3.05) is 18.0 Å². The summed E-state index contributed by atoms with van der Waals surface area (Å²) < 4.78 is 7.67. The fourth-order valence-corrected chi connectivity index (χ4v) is 2.57. The highest BCUT2D eigenvalue weighted by molar-refractivity contribution is 5.58. The fourth-order valence-electron chi connectivity index (χ4n) is 2.57. The van der Waals surface area contributed by atoms with E-state index in [1.807, 2.05) is 25.2 Å². The van der Waals surface area contributed by atoms with E-state index in [1.54, 1.807) is 4.68 Å². The number of benzene rings is 1. The topological polar surface area (TPSA) is 69.2 Å². The van der Waals surface area contributed by atoms with Crippen molar-refractivity contribution in [3.8, 4) is 5.75 Å². The molecule has 1 aromatic carbocycles. The molecule has 0 atom stereocenters. The molecule has 6 nitrogen and oxygen atoms in total. The van der Waals surface area contributed by atoms with Gasteiger partial charge in [0.2, 0.25) is 0 Å². The van der Waals surface area contributed by atoms with Crippen LogP contribution in [0, 0.1) is 0 Å². The van der Waals surface area contributed by atoms with Gasteiger partial charge in [0.15, 0.2) is 5.82 Å². The second kappa shape index (κ2) is 6.13. The van der Waals surface area contributed by atoms with Gasteiger partial charge in [-0.3, -0.25) is 4.68 Å². The molecular formula is C15H21N5O. The first kappa shape index (κ1) is 13.9. The molecule has 0 aliphatic carbocycles. The van der Waals surface area contributed by atoms with E-state index in [2.05, 4.69) is 21.0 Å². The molecule has 2 N–H and O–H groups in total. The maximum absolute atomic E-state index is 5.98. The van der Waals surface area contributed by atoms with Crippen molar-refractivity contribution in [1.82, 2.24) is 14.8 Å². The number of nitrogens with two attached hydrogens (primary N) is 1. The number of aromatic nitrogens is 3. The summed E-state index contributed by atoms with van der Waals surface area (Å²) in [5.41, 5.74) is 7.11. The molecule has 1 aliphatic heterocycles. The zero-order valence-corrected chi connectivity index (χ0v) is 12.3. The Balaban J connectivity index is 1.72. The molecule has 3 rings (SSSR count). The predicted octanol–water partition coefficient (Wildman–Crippen LogP) is 1.32. The van der Waals surface area contributed by atoms with Gasteiger partial charge in [-0.1, -0.05) is 12.1 Å². The molecule has 1 saturated heterocycles. The molecule has 112 valence electrons. The Hall–Kier alpha value is -2.08. The van der Waals surface area contributed by atoms with Crippen molar-refractivity contribution in [2.24, 2.45) is 12.8 Å². The van der Waals surface area contributed by atoms with Gasteiger partial charge in [0.25, 0.3) is 0 Å². The smallest absolute Gasteiger partial charge is 0.164 e. The number of rotatable bonds is 4. The Kier molecular flexibility index (Phi) is 4.06. The Labute approximate surface area is 124 Å². The van der Waals surface area contributed by atoms with Crippen LogP contribution >= 0.6 is 0 Å². The van der Waals surface area contributed by atoms with Crippen molar-refractivity contribution in [1.29, 1.82) is 0 Å². The van der Waals surface area contributed by atoms with E-state index >= 15 is 0 Å². The average Bonchev–Trinajstić information content (AvgIpc) is 2.92. The number of nitrogens with zero attached hydrogens (tertiary/aromatic N) is 4. The lowest BCUT2D eigenvalue weighted by Crippen LogP contribution is -2.39. The zero-order chi connectivity index (χ0) is 14.7. The van der Waals surface area contributed by atoms with E-state index in [4.69, 9.17) is 10.5 Å². The van der Waals surface area contributed by atoms with E-state index in [1.165, 1.54) is 6.33 Å². The molecular weight excluding hydrogens is 266 g/mol. The van der Waals surface area contributed by atoms with E-state index in [0.717, 1.165) is 43.2 Å². The third kappa shape index (κ3) is 3.16. The van der Waals surface area contributed by atoms with Gasteiger partial charge in [-0.05, 0) is 25.0 Å². The molecule has 0 unspecified atom stereocenters. The lowest BCUT2D eigenvalue weighted by molar-refractivity contribution is 0.289. The summed E-state index contributed by atoms with van der Waals surface area (Å²) in [4.78, 5) is 6.52. The number of hydrogen-bond donors (Lipinski definition) is 1. The number of hydrogen-bond acceptors (Lipinski definition) is 5. The van der Waals surface area contributed by atoms with Crippen LogP contribution in [-0.2, 0) is 13.7 Å². The summed E-state index contributed by atoms with van der Waals surface area (Å²) in [6.07, 6.45) is 3.59. The third-order valence-electron chi connectivity index (χ3n) is 3.91. The largest absolute Gasteiger partial charge is 0.483 e. The molecule has 1 aromatic heterocycles. The average molecular weight is 287 g/mol. The van der Waals surface area contributed by atoms with Gasteiger partial charge >= 0.3 is 0 Å². The standard InChI is InChI=1S/C15H21N5O/c1-19-15(17-11-18-19)10-21-14-5-3-2-4-13(14)20-8-6-12(16)7-9-20/h2-5,11-12H,6-10,16H2,1H3. The molecule has 0 bridgehead atoms. The van der Waals surface area contributed by atoms with E-state index < -0.39 is 0 Å². The molecule has 21 heavy (non-hydrogen) atoms. The zero-order valence-electron chi connectivity index (χ0n) is 12.3. The highest BCUT2D eigenvalue weighted by Crippen LogP contribution is 2.30. The van der Waals surface area contributed by atoms with Gasteiger partial charge in [-0.15, -0.1) is 0 Å². The van der Waals surface area contributed by atoms with Crippen molar-refractivity contribution in [3.63, 3.8) is 0 Å². The van der Waals surface area contributed by atoms with E-state index in [0.29, 0.717) is 12.6 Å². The first-order valence-electron chi connectivity index (χ1n) is 7.29. The SMILES string of the molecule is Cn1ncnc1COc1ccccc1N1CCC(N)CC1. The molecule has 0 spiro atoms. The van der Waals surface area contributed by atoms with Crippen molar-refractivity contribution < 1.29 is 4.74 Å². The molecule has 0 amide bonds. The maximum Gasteiger partial charge on any atom is 0.164 e. The van der Waals surface area contributed by atoms with Gasteiger partial charge in [0.1, 0.15) is 18.7 Å². The molecule has 0 saturated carbocycles. The van der Waals surface area contributed by atoms with Crippen molar-refractivity contribution >= 4 is 5.69 Å². The minimum absolute atomic E-state index is 0.327. The minimum Gasteiger partial charge on any atom is -0.483 e. The first-order valence-corrected chi connectivity index (χ1v) is 7.29. The number of anilines is 1. The Morgan fingerprint density at radius 2 is 2.05 bits per heavy atom. The summed E-state index contributed by atoms with van der Waals surface area (Å²) in [5.74, 6) is 1.70. The predicted molar refractivity (Wildman–Crippen MR) is 81.2 cm³/mol. The Morgan fingerprint density at radius 1 is 1.29 bits per heavy atom. The van der Waals surface area contributed by atoms with Crippen molar-refractivity contribution in [3.05, 3.63) is 36.4 Å². The van der Waals surface area contributed by atoms with Gasteiger partial charge < -0.3 is 15.4 Å². The quantitative estimate of drug-likeness (QED) is 0.918. The van der Waals surface area contributed by atoms with E-state index in [9.17, 15) is 0 Å². The molecule has 2 aromatic rings. The van der Waals surface area contributed by atoms with Gasteiger partial charge in [0.05, 0.1) is 5.69 Å². The second-order valence-corrected chi connectivity index (χ2v) is 5.38. The summed E-state index contributed by atoms with van der Waals surface area (Å²) in [6, 6.07) is 8.46. The lowest BCUT2D eigenvalue weighted by Gasteiger charge is -2.33. The van der Waals surface area contributed by atoms with Crippen LogP contribution in [0.4, 0.5) is 5.69 Å². The first-order chi connectivity index (χ1) is 10.2. The summed E-state index contributed by atoms with van der Waals surface area (Å²) in [7, 11) is 1.86. The van der Waals surface area contributed by atoms with E-state index in [-0.39, 0.29) is 0 Å². The summed E-state index contributed by atoms with van der Waals surface area (Å²) in [5, 5.41) is 4.05. The highest BCUT2D eigenvalue weighted by Gasteiger charge is 2.19. The number of para-hydroxylation sites is 2. The second-order valence-electron chi connectivity index (χ2n) is 5.38. The van der Waals surface area contributed by atoms with Crippen LogP contribution in [-0.4, -0.2) is 33.9 Å². The number of aryl methyl sites for hydroxylation is 1. The van der Waals surface area contributed by atoms with Crippen LogP contribution in [0.5, 0.6) is 5.75 Å². The maximum atomic E-state index is 5.98. The normalized spacial score (nSPS) is 16.2. The van der Waals surface area contributed by atoms with Crippen LogP contribution < -0.4 is 15.4 Å². The van der Waals surface area contributed by atoms with Gasteiger partial charge in [0, 0.05) is 26.2 Å².